The van der Waals surface area contributed by atoms with Crippen LogP contribution in [-0.4, -0.2) is 18.7 Å². The number of carbonyl (C=O) groups is 1. The summed E-state index contributed by atoms with van der Waals surface area (Å²) in [5.74, 6) is 1.24. The number of hydrazone groups is 1. The zero-order chi connectivity index (χ0) is 15.1. The van der Waals surface area contributed by atoms with Crippen molar-refractivity contribution in [1.29, 1.82) is 5.26 Å². The molecule has 0 aliphatic rings. The second-order valence-electron chi connectivity index (χ2n) is 4.14. The van der Waals surface area contributed by atoms with E-state index < -0.39 is 5.91 Å². The van der Waals surface area contributed by atoms with E-state index in [0.717, 1.165) is 5.76 Å². The van der Waals surface area contributed by atoms with Crippen molar-refractivity contribution in [2.24, 2.45) is 5.10 Å². The van der Waals surface area contributed by atoms with Crippen LogP contribution in [0.15, 0.2) is 45.9 Å². The molecular formula is C15H13N3O3. The number of para-hydroxylation sites is 1. The Morgan fingerprint density at radius 3 is 2.95 bits per heavy atom. The Balaban J connectivity index is 1.82. The van der Waals surface area contributed by atoms with Crippen molar-refractivity contribution in [3.63, 3.8) is 0 Å². The van der Waals surface area contributed by atoms with E-state index in [1.165, 1.54) is 6.21 Å². The van der Waals surface area contributed by atoms with Gasteiger partial charge < -0.3 is 9.15 Å². The molecule has 2 aromatic rings. The Kier molecular flexibility index (Phi) is 4.72. The number of nitrogens with zero attached hydrogens (tertiary/aromatic N) is 2. The fourth-order valence-corrected chi connectivity index (χ4v) is 1.55. The molecule has 6 heteroatoms. The Bertz CT molecular complexity index is 698. The zero-order valence-electron chi connectivity index (χ0n) is 11.4. The fraction of sp³-hybridized carbons (Fsp3) is 0.133. The van der Waals surface area contributed by atoms with Gasteiger partial charge in [0.2, 0.25) is 0 Å². The molecule has 0 fully saturated rings. The van der Waals surface area contributed by atoms with Gasteiger partial charge in [-0.05, 0) is 31.2 Å². The molecule has 1 aromatic heterocycles. The average Bonchev–Trinajstić information content (AvgIpc) is 2.91. The number of aryl methyl sites for hydroxylation is 1. The normalized spacial score (nSPS) is 10.3. The molecule has 21 heavy (non-hydrogen) atoms. The van der Waals surface area contributed by atoms with E-state index in [9.17, 15) is 4.79 Å². The maximum Gasteiger partial charge on any atom is 0.277 e. The van der Waals surface area contributed by atoms with E-state index in [-0.39, 0.29) is 6.61 Å². The Labute approximate surface area is 121 Å². The van der Waals surface area contributed by atoms with Crippen molar-refractivity contribution in [3.8, 4) is 11.8 Å². The summed E-state index contributed by atoms with van der Waals surface area (Å²) in [5, 5.41) is 12.6. The molecule has 0 radical (unpaired) electrons. The van der Waals surface area contributed by atoms with Crippen LogP contribution in [0.1, 0.15) is 17.1 Å². The average molecular weight is 283 g/mol. The van der Waals surface area contributed by atoms with Gasteiger partial charge in [0.05, 0.1) is 11.8 Å². The van der Waals surface area contributed by atoms with Gasteiger partial charge in [0.1, 0.15) is 23.3 Å². The highest BCUT2D eigenvalue weighted by molar-refractivity contribution is 5.81. The Morgan fingerprint density at radius 2 is 2.24 bits per heavy atom. The van der Waals surface area contributed by atoms with Crippen molar-refractivity contribution in [2.75, 3.05) is 6.61 Å². The molecule has 1 amide bonds. The minimum Gasteiger partial charge on any atom is -0.482 e. The summed E-state index contributed by atoms with van der Waals surface area (Å²) in [7, 11) is 0. The third kappa shape index (κ3) is 4.21. The fourth-order valence-electron chi connectivity index (χ4n) is 1.55. The summed E-state index contributed by atoms with van der Waals surface area (Å²) in [6.07, 6.45) is 1.40. The second kappa shape index (κ2) is 6.91. The summed E-state index contributed by atoms with van der Waals surface area (Å²) in [4.78, 5) is 11.5. The number of nitrogens with one attached hydrogen (secondary N) is 1. The third-order valence-electron chi connectivity index (χ3n) is 2.51. The highest BCUT2D eigenvalue weighted by Gasteiger charge is 2.05. The molecule has 0 spiro atoms. The quantitative estimate of drug-likeness (QED) is 0.671. The lowest BCUT2D eigenvalue weighted by Crippen LogP contribution is -2.24. The molecule has 0 saturated heterocycles. The smallest absolute Gasteiger partial charge is 0.277 e. The van der Waals surface area contributed by atoms with Crippen molar-refractivity contribution in [1.82, 2.24) is 5.43 Å². The standard InChI is InChI=1S/C15H13N3O3/c1-11-6-7-13(21-11)9-17-18-15(19)10-20-14-5-3-2-4-12(14)8-16/h2-7,9H,10H2,1H3,(H,18,19)/b17-9+. The lowest BCUT2D eigenvalue weighted by atomic mass is 10.2. The molecule has 106 valence electrons. The van der Waals surface area contributed by atoms with Crippen LogP contribution < -0.4 is 10.2 Å². The summed E-state index contributed by atoms with van der Waals surface area (Å²) in [5.41, 5.74) is 2.69. The van der Waals surface area contributed by atoms with E-state index in [1.807, 2.05) is 13.0 Å². The van der Waals surface area contributed by atoms with Crippen LogP contribution in [-0.2, 0) is 4.79 Å². The van der Waals surface area contributed by atoms with Crippen LogP contribution in [0.5, 0.6) is 5.75 Å². The maximum atomic E-state index is 11.5. The first-order valence-electron chi connectivity index (χ1n) is 6.19. The SMILES string of the molecule is Cc1ccc(/C=N/NC(=O)COc2ccccc2C#N)o1. The molecule has 0 aliphatic carbocycles. The lowest BCUT2D eigenvalue weighted by Gasteiger charge is -2.05. The van der Waals surface area contributed by atoms with Crippen LogP contribution >= 0.6 is 0 Å². The molecule has 0 aliphatic heterocycles. The second-order valence-corrected chi connectivity index (χ2v) is 4.14. The predicted octanol–water partition coefficient (Wildman–Crippen LogP) is 1.99. The highest BCUT2D eigenvalue weighted by atomic mass is 16.5. The summed E-state index contributed by atoms with van der Waals surface area (Å²) < 4.78 is 10.5. The van der Waals surface area contributed by atoms with Crippen molar-refractivity contribution >= 4 is 12.1 Å². The van der Waals surface area contributed by atoms with Crippen LogP contribution in [0.2, 0.25) is 0 Å². The van der Waals surface area contributed by atoms with Crippen molar-refractivity contribution in [2.45, 2.75) is 6.92 Å². The number of benzene rings is 1. The largest absolute Gasteiger partial charge is 0.482 e. The maximum absolute atomic E-state index is 11.5. The van der Waals surface area contributed by atoms with Crippen LogP contribution in [0.25, 0.3) is 0 Å². The van der Waals surface area contributed by atoms with E-state index in [2.05, 4.69) is 10.5 Å². The number of amides is 1. The topological polar surface area (TPSA) is 87.6 Å². The monoisotopic (exact) mass is 283 g/mol. The van der Waals surface area contributed by atoms with Gasteiger partial charge in [-0.1, -0.05) is 12.1 Å². The number of nitriles is 1. The van der Waals surface area contributed by atoms with Gasteiger partial charge in [-0.25, -0.2) is 5.43 Å². The van der Waals surface area contributed by atoms with E-state index in [1.54, 1.807) is 36.4 Å². The minimum absolute atomic E-state index is 0.229. The Hall–Kier alpha value is -3.07. The van der Waals surface area contributed by atoms with Crippen LogP contribution in [0, 0.1) is 18.3 Å². The zero-order valence-corrected chi connectivity index (χ0v) is 11.4. The number of rotatable bonds is 5. The summed E-state index contributed by atoms with van der Waals surface area (Å²) in [6.45, 7) is 1.59. The van der Waals surface area contributed by atoms with Gasteiger partial charge in [0.25, 0.3) is 5.91 Å². The molecule has 2 rings (SSSR count). The molecule has 0 atom stereocenters. The van der Waals surface area contributed by atoms with Gasteiger partial charge in [-0.2, -0.15) is 10.4 Å². The van der Waals surface area contributed by atoms with Crippen LogP contribution in [0.3, 0.4) is 0 Å². The molecule has 6 nitrogen and oxygen atoms in total. The number of furan rings is 1. The van der Waals surface area contributed by atoms with Crippen LogP contribution in [0.4, 0.5) is 0 Å². The lowest BCUT2D eigenvalue weighted by molar-refractivity contribution is -0.123. The van der Waals surface area contributed by atoms with Crippen molar-refractivity contribution in [3.05, 3.63) is 53.5 Å². The van der Waals surface area contributed by atoms with Crippen molar-refractivity contribution < 1.29 is 13.9 Å². The van der Waals surface area contributed by atoms with Gasteiger partial charge in [-0.15, -0.1) is 0 Å². The first-order chi connectivity index (χ1) is 10.2. The molecule has 1 heterocycles. The molecule has 0 unspecified atom stereocenters. The first kappa shape index (κ1) is 14.3. The van der Waals surface area contributed by atoms with Gasteiger partial charge in [0, 0.05) is 0 Å². The van der Waals surface area contributed by atoms with E-state index >= 15 is 0 Å². The highest BCUT2D eigenvalue weighted by Crippen LogP contribution is 2.16. The molecule has 1 N–H and O–H groups in total. The third-order valence-corrected chi connectivity index (χ3v) is 2.51. The Morgan fingerprint density at radius 1 is 1.43 bits per heavy atom. The number of hydrogen-bond acceptors (Lipinski definition) is 5. The van der Waals surface area contributed by atoms with Gasteiger partial charge in [-0.3, -0.25) is 4.79 Å². The van der Waals surface area contributed by atoms with Gasteiger partial charge >= 0.3 is 0 Å². The number of carbonyl (C=O) groups excluding carboxylic acids is 1. The molecule has 0 saturated carbocycles. The van der Waals surface area contributed by atoms with E-state index in [0.29, 0.717) is 17.1 Å². The van der Waals surface area contributed by atoms with E-state index in [4.69, 9.17) is 14.4 Å². The molecule has 0 bridgehead atoms. The first-order valence-corrected chi connectivity index (χ1v) is 6.19. The number of ether oxygens (including phenoxy) is 1. The minimum atomic E-state index is -0.428. The predicted molar refractivity (Wildman–Crippen MR) is 75.8 cm³/mol. The molecular weight excluding hydrogens is 270 g/mol. The van der Waals surface area contributed by atoms with Gasteiger partial charge in [0.15, 0.2) is 6.61 Å². The molecule has 1 aromatic carbocycles. The summed E-state index contributed by atoms with van der Waals surface area (Å²) >= 11 is 0. The summed E-state index contributed by atoms with van der Waals surface area (Å²) in [6, 6.07) is 12.2. The number of hydrogen-bond donors (Lipinski definition) is 1.